The predicted molar refractivity (Wildman–Crippen MR) is 42.8 cm³/mol. The van der Waals surface area contributed by atoms with Gasteiger partial charge in [-0.1, -0.05) is 13.8 Å². The van der Waals surface area contributed by atoms with Crippen molar-refractivity contribution in [1.82, 2.24) is 0 Å². The van der Waals surface area contributed by atoms with Crippen LogP contribution in [-0.4, -0.2) is 5.78 Å². The van der Waals surface area contributed by atoms with Crippen molar-refractivity contribution in [1.29, 1.82) is 0 Å². The smallest absolute Gasteiger partial charge is 0.160 e. The molecule has 0 aliphatic rings. The van der Waals surface area contributed by atoms with Crippen LogP contribution in [0.5, 0.6) is 0 Å². The highest BCUT2D eigenvalue weighted by atomic mass is 16.1. The van der Waals surface area contributed by atoms with Crippen LogP contribution in [0.1, 0.15) is 27.2 Å². The zero-order valence-electron chi connectivity index (χ0n) is 6.85. The first-order chi connectivity index (χ1) is 4.66. The lowest BCUT2D eigenvalue weighted by Gasteiger charge is -1.94. The Bertz CT molecular complexity index is 162. The number of ketones is 1. The average Bonchev–Trinajstić information content (AvgIpc) is 1.87. The van der Waals surface area contributed by atoms with Gasteiger partial charge in [-0.2, -0.15) is 0 Å². The van der Waals surface area contributed by atoms with Gasteiger partial charge < -0.3 is 0 Å². The Morgan fingerprint density at radius 3 is 2.70 bits per heavy atom. The summed E-state index contributed by atoms with van der Waals surface area (Å²) in [4.78, 5) is 10.4. The van der Waals surface area contributed by atoms with Gasteiger partial charge >= 0.3 is 0 Å². The molecule has 1 heteroatoms. The van der Waals surface area contributed by atoms with Crippen LogP contribution in [0.4, 0.5) is 0 Å². The lowest BCUT2D eigenvalue weighted by molar-refractivity contribution is -0.112. The normalized spacial score (nSPS) is 11.5. The summed E-state index contributed by atoms with van der Waals surface area (Å²) in [5.41, 5.74) is 2.84. The second-order valence-corrected chi connectivity index (χ2v) is 2.47. The summed E-state index contributed by atoms with van der Waals surface area (Å²) in [6.45, 7) is 5.73. The maximum absolute atomic E-state index is 10.4. The number of allylic oxidation sites excluding steroid dienone is 1. The van der Waals surface area contributed by atoms with Gasteiger partial charge in [-0.3, -0.25) is 4.79 Å². The van der Waals surface area contributed by atoms with Gasteiger partial charge in [0.25, 0.3) is 0 Å². The Morgan fingerprint density at radius 1 is 1.70 bits per heavy atom. The van der Waals surface area contributed by atoms with Crippen molar-refractivity contribution in [3.05, 3.63) is 17.9 Å². The molecule has 0 spiro atoms. The Balaban J connectivity index is 3.85. The van der Waals surface area contributed by atoms with Crippen LogP contribution in [0.25, 0.3) is 0 Å². The van der Waals surface area contributed by atoms with Crippen LogP contribution in [0.15, 0.2) is 17.9 Å². The maximum Gasteiger partial charge on any atom is 0.160 e. The third-order valence-electron chi connectivity index (χ3n) is 1.31. The van der Waals surface area contributed by atoms with Crippen molar-refractivity contribution in [3.63, 3.8) is 0 Å². The van der Waals surface area contributed by atoms with E-state index in [1.807, 2.05) is 6.08 Å². The highest BCUT2D eigenvalue weighted by Gasteiger charge is 1.87. The molecule has 56 valence electrons. The molecule has 0 fully saturated rings. The van der Waals surface area contributed by atoms with E-state index in [9.17, 15) is 4.79 Å². The molecule has 0 aromatic carbocycles. The molecule has 0 radical (unpaired) electrons. The van der Waals surface area contributed by atoms with Crippen molar-refractivity contribution in [2.45, 2.75) is 27.2 Å². The van der Waals surface area contributed by atoms with Crippen LogP contribution in [0, 0.1) is 5.92 Å². The quantitative estimate of drug-likeness (QED) is 0.432. The molecule has 0 N–H and O–H groups in total. The minimum absolute atomic E-state index is 0.0551. The summed E-state index contributed by atoms with van der Waals surface area (Å²) in [5, 5.41) is 0. The fourth-order valence-electron chi connectivity index (χ4n) is 0.448. The summed E-state index contributed by atoms with van der Waals surface area (Å²) in [5.74, 6) is 0.579. The molecule has 0 saturated carbocycles. The molecule has 0 aromatic rings. The molecule has 1 nitrogen and oxygen atoms in total. The number of carbonyl (C=O) groups excluding carboxylic acids is 1. The summed E-state index contributed by atoms with van der Waals surface area (Å²) in [6.07, 6.45) is 4.48. The first-order valence-corrected chi connectivity index (χ1v) is 3.60. The Labute approximate surface area is 62.4 Å². The predicted octanol–water partition coefficient (Wildman–Crippen LogP) is 2.33. The Morgan fingerprint density at radius 2 is 2.30 bits per heavy atom. The van der Waals surface area contributed by atoms with Crippen molar-refractivity contribution in [2.75, 3.05) is 0 Å². The first kappa shape index (κ1) is 9.19. The molecule has 0 saturated heterocycles. The molecule has 1 atom stereocenters. The van der Waals surface area contributed by atoms with Gasteiger partial charge in [-0.15, -0.1) is 5.73 Å². The monoisotopic (exact) mass is 138 g/mol. The number of carbonyl (C=O) groups is 1. The van der Waals surface area contributed by atoms with Gasteiger partial charge in [-0.25, -0.2) is 0 Å². The fourth-order valence-corrected chi connectivity index (χ4v) is 0.448. The second-order valence-electron chi connectivity index (χ2n) is 2.47. The molecule has 0 amide bonds. The molecular weight excluding hydrogens is 124 g/mol. The first-order valence-electron chi connectivity index (χ1n) is 3.60. The SMILES string of the molecule is CCC(C)C=C=CC(C)=O. The molecule has 0 bridgehead atoms. The van der Waals surface area contributed by atoms with E-state index in [1.165, 1.54) is 13.0 Å². The Hall–Kier alpha value is -0.810. The highest BCUT2D eigenvalue weighted by molar-refractivity contribution is 5.86. The number of hydrogen-bond donors (Lipinski definition) is 0. The topological polar surface area (TPSA) is 17.1 Å². The fraction of sp³-hybridized carbons (Fsp3) is 0.556. The summed E-state index contributed by atoms with van der Waals surface area (Å²) >= 11 is 0. The lowest BCUT2D eigenvalue weighted by atomic mass is 10.1. The van der Waals surface area contributed by atoms with E-state index in [0.717, 1.165) is 6.42 Å². The summed E-state index contributed by atoms with van der Waals surface area (Å²) in [7, 11) is 0. The largest absolute Gasteiger partial charge is 0.294 e. The van der Waals surface area contributed by atoms with Crippen LogP contribution in [-0.2, 0) is 4.79 Å². The van der Waals surface area contributed by atoms with Gasteiger partial charge in [0.15, 0.2) is 5.78 Å². The molecule has 0 aromatic heterocycles. The van der Waals surface area contributed by atoms with Crippen LogP contribution in [0.2, 0.25) is 0 Å². The van der Waals surface area contributed by atoms with Crippen LogP contribution < -0.4 is 0 Å². The molecule has 1 unspecified atom stereocenters. The molecular formula is C9H14O. The third kappa shape index (κ3) is 5.33. The van der Waals surface area contributed by atoms with Gasteiger partial charge in [0.05, 0.1) is 0 Å². The maximum atomic E-state index is 10.4. The van der Waals surface area contributed by atoms with Gasteiger partial charge in [0.2, 0.25) is 0 Å². The van der Waals surface area contributed by atoms with Crippen molar-refractivity contribution in [2.24, 2.45) is 5.92 Å². The van der Waals surface area contributed by atoms with Gasteiger partial charge in [0.1, 0.15) is 0 Å². The number of hydrogen-bond acceptors (Lipinski definition) is 1. The van der Waals surface area contributed by atoms with E-state index in [0.29, 0.717) is 5.92 Å². The molecule has 0 rings (SSSR count). The van der Waals surface area contributed by atoms with Crippen molar-refractivity contribution in [3.8, 4) is 0 Å². The van der Waals surface area contributed by atoms with E-state index in [-0.39, 0.29) is 5.78 Å². The van der Waals surface area contributed by atoms with Crippen LogP contribution >= 0.6 is 0 Å². The number of rotatable bonds is 3. The molecule has 0 aliphatic heterocycles. The van der Waals surface area contributed by atoms with E-state index in [2.05, 4.69) is 19.6 Å². The minimum atomic E-state index is 0.0551. The zero-order chi connectivity index (χ0) is 7.98. The highest BCUT2D eigenvalue weighted by Crippen LogP contribution is 1.99. The summed E-state index contributed by atoms with van der Waals surface area (Å²) < 4.78 is 0. The minimum Gasteiger partial charge on any atom is -0.294 e. The average molecular weight is 138 g/mol. The third-order valence-corrected chi connectivity index (χ3v) is 1.31. The molecule has 10 heavy (non-hydrogen) atoms. The second kappa shape index (κ2) is 5.01. The van der Waals surface area contributed by atoms with E-state index >= 15 is 0 Å². The van der Waals surface area contributed by atoms with E-state index < -0.39 is 0 Å². The zero-order valence-corrected chi connectivity index (χ0v) is 6.85. The Kier molecular flexibility index (Phi) is 4.61. The van der Waals surface area contributed by atoms with Crippen molar-refractivity contribution >= 4 is 5.78 Å². The van der Waals surface area contributed by atoms with Gasteiger partial charge in [0, 0.05) is 6.08 Å². The van der Waals surface area contributed by atoms with E-state index in [4.69, 9.17) is 0 Å². The standard InChI is InChI=1S/C9H14O/c1-4-8(2)6-5-7-9(3)10/h6-8H,4H2,1-3H3. The summed E-state index contributed by atoms with van der Waals surface area (Å²) in [6, 6.07) is 0. The molecule has 0 heterocycles. The van der Waals surface area contributed by atoms with E-state index in [1.54, 1.807) is 0 Å². The van der Waals surface area contributed by atoms with Crippen LogP contribution in [0.3, 0.4) is 0 Å². The van der Waals surface area contributed by atoms with Gasteiger partial charge in [-0.05, 0) is 25.3 Å². The lowest BCUT2D eigenvalue weighted by Crippen LogP contribution is -1.83. The molecule has 0 aliphatic carbocycles. The van der Waals surface area contributed by atoms with Crippen molar-refractivity contribution < 1.29 is 4.79 Å².